The molecule has 1 amide bonds. The lowest BCUT2D eigenvalue weighted by Crippen LogP contribution is -2.40. The van der Waals surface area contributed by atoms with Gasteiger partial charge in [0.15, 0.2) is 0 Å². The minimum absolute atomic E-state index is 0.196. The Balaban J connectivity index is 2.48. The molecule has 0 unspecified atom stereocenters. The zero-order chi connectivity index (χ0) is 12.6. The van der Waals surface area contributed by atoms with Crippen LogP contribution in [0.15, 0.2) is 23.0 Å². The molecule has 0 aliphatic rings. The van der Waals surface area contributed by atoms with Crippen LogP contribution < -0.4 is 11.0 Å². The van der Waals surface area contributed by atoms with Crippen LogP contribution in [0.1, 0.15) is 31.1 Å². The number of imidazole rings is 1. The molecule has 2 rings (SSSR count). The van der Waals surface area contributed by atoms with Gasteiger partial charge in [-0.2, -0.15) is 0 Å². The number of amides is 1. The standard InChI is InChI=1S/C12H15N3O2/c1-12(2,3)15-10(16)7-5-4-6-8-9(7)14-11(17)13-8/h4-6H,1-3H3,(H,15,16)(H2,13,14,17). The fraction of sp³-hybridized carbons (Fsp3) is 0.333. The lowest BCUT2D eigenvalue weighted by Gasteiger charge is -2.20. The number of H-pyrrole nitrogens is 2. The molecule has 0 fully saturated rings. The molecule has 2 aromatic rings. The number of hydrogen-bond acceptors (Lipinski definition) is 2. The summed E-state index contributed by atoms with van der Waals surface area (Å²) in [7, 11) is 0. The van der Waals surface area contributed by atoms with Crippen LogP contribution >= 0.6 is 0 Å². The zero-order valence-corrected chi connectivity index (χ0v) is 10.0. The number of benzene rings is 1. The number of nitrogens with one attached hydrogen (secondary N) is 3. The molecule has 0 aliphatic heterocycles. The molecule has 90 valence electrons. The number of aromatic amines is 2. The first-order valence-electron chi connectivity index (χ1n) is 5.40. The molecular weight excluding hydrogens is 218 g/mol. The van der Waals surface area contributed by atoms with E-state index in [1.54, 1.807) is 18.2 Å². The monoisotopic (exact) mass is 233 g/mol. The molecule has 0 saturated carbocycles. The van der Waals surface area contributed by atoms with Crippen molar-refractivity contribution in [2.75, 3.05) is 0 Å². The van der Waals surface area contributed by atoms with Crippen molar-refractivity contribution in [3.8, 4) is 0 Å². The highest BCUT2D eigenvalue weighted by Crippen LogP contribution is 2.14. The molecule has 0 atom stereocenters. The van der Waals surface area contributed by atoms with Crippen LogP contribution in [0.5, 0.6) is 0 Å². The van der Waals surface area contributed by atoms with Gasteiger partial charge in [0.1, 0.15) is 0 Å². The number of aromatic nitrogens is 2. The minimum atomic E-state index is -0.310. The second kappa shape index (κ2) is 3.76. The molecule has 0 bridgehead atoms. The Bertz CT molecular complexity index is 616. The van der Waals surface area contributed by atoms with Crippen molar-refractivity contribution in [2.24, 2.45) is 0 Å². The average molecular weight is 233 g/mol. The van der Waals surface area contributed by atoms with E-state index in [2.05, 4.69) is 15.3 Å². The first kappa shape index (κ1) is 11.4. The number of rotatable bonds is 1. The van der Waals surface area contributed by atoms with Gasteiger partial charge in [0, 0.05) is 5.54 Å². The zero-order valence-electron chi connectivity index (χ0n) is 10.0. The Morgan fingerprint density at radius 3 is 2.59 bits per heavy atom. The molecule has 0 radical (unpaired) electrons. The van der Waals surface area contributed by atoms with Gasteiger partial charge in [-0.15, -0.1) is 0 Å². The quantitative estimate of drug-likeness (QED) is 0.696. The second-order valence-corrected chi connectivity index (χ2v) is 5.01. The molecule has 0 saturated heterocycles. The fourth-order valence-electron chi connectivity index (χ4n) is 1.66. The number of carbonyl (C=O) groups is 1. The molecule has 1 heterocycles. The average Bonchev–Trinajstić information content (AvgIpc) is 2.54. The van der Waals surface area contributed by atoms with E-state index in [1.807, 2.05) is 20.8 Å². The predicted octanol–water partition coefficient (Wildman–Crippen LogP) is 1.38. The number of para-hydroxylation sites is 1. The van der Waals surface area contributed by atoms with Crippen LogP contribution in [-0.4, -0.2) is 21.4 Å². The Morgan fingerprint density at radius 1 is 1.24 bits per heavy atom. The van der Waals surface area contributed by atoms with Crippen LogP contribution in [0.25, 0.3) is 11.0 Å². The third kappa shape index (κ3) is 2.38. The summed E-state index contributed by atoms with van der Waals surface area (Å²) in [4.78, 5) is 28.5. The predicted molar refractivity (Wildman–Crippen MR) is 66.1 cm³/mol. The summed E-state index contributed by atoms with van der Waals surface area (Å²) in [6, 6.07) is 5.18. The third-order valence-corrected chi connectivity index (χ3v) is 2.28. The van der Waals surface area contributed by atoms with E-state index in [1.165, 1.54) is 0 Å². The minimum Gasteiger partial charge on any atom is -0.347 e. The maximum atomic E-state index is 12.0. The largest absolute Gasteiger partial charge is 0.347 e. The molecule has 1 aromatic carbocycles. The van der Waals surface area contributed by atoms with Crippen LogP contribution in [-0.2, 0) is 0 Å². The van der Waals surface area contributed by atoms with Crippen LogP contribution in [0, 0.1) is 0 Å². The number of carbonyl (C=O) groups excluding carboxylic acids is 1. The first-order chi connectivity index (χ1) is 7.87. The molecule has 0 spiro atoms. The van der Waals surface area contributed by atoms with Gasteiger partial charge in [-0.25, -0.2) is 4.79 Å². The normalized spacial score (nSPS) is 11.7. The maximum Gasteiger partial charge on any atom is 0.323 e. The van der Waals surface area contributed by atoms with E-state index in [4.69, 9.17) is 0 Å². The summed E-state index contributed by atoms with van der Waals surface area (Å²) in [5.74, 6) is -0.196. The van der Waals surface area contributed by atoms with Crippen molar-refractivity contribution in [2.45, 2.75) is 26.3 Å². The highest BCUT2D eigenvalue weighted by atomic mass is 16.2. The molecule has 5 heteroatoms. The van der Waals surface area contributed by atoms with Gasteiger partial charge in [0.05, 0.1) is 16.6 Å². The van der Waals surface area contributed by atoms with Gasteiger partial charge in [-0.05, 0) is 32.9 Å². The molecule has 1 aromatic heterocycles. The Labute approximate surface area is 98.2 Å². The molecule has 3 N–H and O–H groups in total. The topological polar surface area (TPSA) is 77.8 Å². The summed E-state index contributed by atoms with van der Waals surface area (Å²) >= 11 is 0. The van der Waals surface area contributed by atoms with Gasteiger partial charge in [-0.1, -0.05) is 6.07 Å². The van der Waals surface area contributed by atoms with E-state index in [0.717, 1.165) is 0 Å². The summed E-state index contributed by atoms with van der Waals surface area (Å²) in [5, 5.41) is 2.86. The smallest absolute Gasteiger partial charge is 0.323 e. The van der Waals surface area contributed by atoms with E-state index in [0.29, 0.717) is 16.6 Å². The van der Waals surface area contributed by atoms with E-state index in [-0.39, 0.29) is 17.1 Å². The summed E-state index contributed by atoms with van der Waals surface area (Å²) in [6.07, 6.45) is 0. The Morgan fingerprint density at radius 2 is 1.94 bits per heavy atom. The highest BCUT2D eigenvalue weighted by molar-refractivity contribution is 6.04. The molecule has 17 heavy (non-hydrogen) atoms. The highest BCUT2D eigenvalue weighted by Gasteiger charge is 2.17. The second-order valence-electron chi connectivity index (χ2n) is 5.01. The van der Waals surface area contributed by atoms with E-state index in [9.17, 15) is 9.59 Å². The fourth-order valence-corrected chi connectivity index (χ4v) is 1.66. The SMILES string of the molecule is CC(C)(C)NC(=O)c1cccc2[nH]c(=O)[nH]c12. The summed E-state index contributed by atoms with van der Waals surface area (Å²) in [6.45, 7) is 5.72. The Kier molecular flexibility index (Phi) is 2.53. The van der Waals surface area contributed by atoms with Gasteiger partial charge < -0.3 is 15.3 Å². The van der Waals surface area contributed by atoms with E-state index >= 15 is 0 Å². The maximum absolute atomic E-state index is 12.0. The van der Waals surface area contributed by atoms with Crippen molar-refractivity contribution in [3.63, 3.8) is 0 Å². The first-order valence-corrected chi connectivity index (χ1v) is 5.40. The summed E-state index contributed by atoms with van der Waals surface area (Å²) in [5.41, 5.74) is 1.03. The van der Waals surface area contributed by atoms with Crippen molar-refractivity contribution in [1.29, 1.82) is 0 Å². The van der Waals surface area contributed by atoms with Gasteiger partial charge >= 0.3 is 5.69 Å². The Hall–Kier alpha value is -2.04. The van der Waals surface area contributed by atoms with Gasteiger partial charge in [0.2, 0.25) is 0 Å². The van der Waals surface area contributed by atoms with Gasteiger partial charge in [0.25, 0.3) is 5.91 Å². The van der Waals surface area contributed by atoms with Gasteiger partial charge in [-0.3, -0.25) is 4.79 Å². The van der Waals surface area contributed by atoms with Crippen molar-refractivity contribution in [1.82, 2.24) is 15.3 Å². The number of hydrogen-bond donors (Lipinski definition) is 3. The lowest BCUT2D eigenvalue weighted by atomic mass is 10.1. The summed E-state index contributed by atoms with van der Waals surface area (Å²) < 4.78 is 0. The lowest BCUT2D eigenvalue weighted by molar-refractivity contribution is 0.0921. The van der Waals surface area contributed by atoms with Crippen LogP contribution in [0.2, 0.25) is 0 Å². The molecule has 0 aliphatic carbocycles. The number of fused-ring (bicyclic) bond motifs is 1. The molecule has 5 nitrogen and oxygen atoms in total. The van der Waals surface area contributed by atoms with Crippen LogP contribution in [0.3, 0.4) is 0 Å². The van der Waals surface area contributed by atoms with Crippen molar-refractivity contribution < 1.29 is 4.79 Å². The van der Waals surface area contributed by atoms with Crippen molar-refractivity contribution in [3.05, 3.63) is 34.2 Å². The van der Waals surface area contributed by atoms with E-state index < -0.39 is 0 Å². The van der Waals surface area contributed by atoms with Crippen molar-refractivity contribution >= 4 is 16.9 Å². The molecular formula is C12H15N3O2. The van der Waals surface area contributed by atoms with Crippen LogP contribution in [0.4, 0.5) is 0 Å². The third-order valence-electron chi connectivity index (χ3n) is 2.28.